The van der Waals surface area contributed by atoms with Crippen molar-refractivity contribution in [2.24, 2.45) is 0 Å². The van der Waals surface area contributed by atoms with Gasteiger partial charge in [-0.15, -0.1) is 0 Å². The molecular formula is C9H4N+. The molecule has 44 valence electrons. The zero-order valence-electron chi connectivity index (χ0n) is 5.26. The fraction of sp³-hybridized carbons (Fsp3) is 0. The molecule has 0 aliphatic heterocycles. The van der Waals surface area contributed by atoms with Crippen molar-refractivity contribution in [2.45, 2.75) is 0 Å². The van der Waals surface area contributed by atoms with E-state index < -0.39 is 0 Å². The molecule has 1 heteroatoms. The molecule has 0 amide bonds. The molecule has 0 aliphatic rings. The van der Waals surface area contributed by atoms with Gasteiger partial charge in [0.05, 0.1) is 0 Å². The molecule has 0 saturated carbocycles. The Morgan fingerprint density at radius 3 is 2.30 bits per heavy atom. The summed E-state index contributed by atoms with van der Waals surface area (Å²) < 4.78 is 0. The van der Waals surface area contributed by atoms with E-state index in [0.717, 1.165) is 0 Å². The van der Waals surface area contributed by atoms with E-state index in [4.69, 9.17) is 13.0 Å². The van der Waals surface area contributed by atoms with E-state index in [-0.39, 0.29) is 0 Å². The predicted molar refractivity (Wildman–Crippen MR) is 38.9 cm³/mol. The molecule has 1 rings (SSSR count). The van der Waals surface area contributed by atoms with Crippen LogP contribution in [0.2, 0.25) is 0 Å². The van der Waals surface area contributed by atoms with Gasteiger partial charge in [0.1, 0.15) is 0 Å². The van der Waals surface area contributed by atoms with Crippen molar-refractivity contribution in [3.8, 4) is 5.92 Å². The van der Waals surface area contributed by atoms with Gasteiger partial charge in [-0.3, -0.25) is 0 Å². The van der Waals surface area contributed by atoms with Crippen molar-refractivity contribution in [2.75, 3.05) is 0 Å². The monoisotopic (exact) mass is 126 g/mol. The molecule has 1 aromatic carbocycles. The van der Waals surface area contributed by atoms with Crippen LogP contribution in [0.1, 0.15) is 5.56 Å². The Hall–Kier alpha value is -1.51. The number of nitrogens with zero attached hydrogens (tertiary/aromatic N) is 1. The van der Waals surface area contributed by atoms with Crippen LogP contribution in [0.25, 0.3) is 4.85 Å². The Labute approximate surface area is 60.1 Å². The van der Waals surface area contributed by atoms with Crippen LogP contribution in [0.5, 0.6) is 0 Å². The maximum atomic E-state index is 6.74. The summed E-state index contributed by atoms with van der Waals surface area (Å²) >= 11 is 0. The third kappa shape index (κ3) is 1.25. The summed E-state index contributed by atoms with van der Waals surface area (Å²) in [5.74, 6) is 2.23. The Bertz CT molecular complexity index is 262. The minimum absolute atomic E-state index is 0.596. The van der Waals surface area contributed by atoms with Crippen molar-refractivity contribution in [1.29, 1.82) is 0 Å². The molecule has 0 spiro atoms. The molecule has 1 nitrogen and oxygen atoms in total. The summed E-state index contributed by atoms with van der Waals surface area (Å²) in [6.45, 7) is 6.63. The Kier molecular flexibility index (Phi) is 1.89. The zero-order chi connectivity index (χ0) is 7.40. The molecule has 0 atom stereocenters. The average molecular weight is 126 g/mol. The van der Waals surface area contributed by atoms with Crippen LogP contribution in [0.3, 0.4) is 0 Å². The minimum atomic E-state index is 0.596. The van der Waals surface area contributed by atoms with Gasteiger partial charge in [0.2, 0.25) is 0 Å². The first-order valence-corrected chi connectivity index (χ1v) is 2.77. The Morgan fingerprint density at radius 2 is 1.90 bits per heavy atom. The van der Waals surface area contributed by atoms with Crippen LogP contribution >= 0.6 is 0 Å². The van der Waals surface area contributed by atoms with E-state index in [1.54, 1.807) is 24.3 Å². The summed E-state index contributed by atoms with van der Waals surface area (Å²) in [7, 11) is 0. The number of hydrogen-bond acceptors (Lipinski definition) is 0. The summed E-state index contributed by atoms with van der Waals surface area (Å²) in [4.78, 5) is 3.21. The van der Waals surface area contributed by atoms with Crippen LogP contribution < -0.4 is 0 Å². The number of benzene rings is 1. The van der Waals surface area contributed by atoms with E-state index in [1.807, 2.05) is 0 Å². The van der Waals surface area contributed by atoms with Crippen molar-refractivity contribution >= 4 is 5.69 Å². The SMILES string of the molecule is [C+]#Cc1ccc([N+]#[C-])cc1. The molecule has 1 aromatic rings. The van der Waals surface area contributed by atoms with Gasteiger partial charge < -0.3 is 0 Å². The topological polar surface area (TPSA) is 4.36 Å². The van der Waals surface area contributed by atoms with Gasteiger partial charge in [0, 0.05) is 0 Å². The van der Waals surface area contributed by atoms with E-state index in [1.165, 1.54) is 0 Å². The summed E-state index contributed by atoms with van der Waals surface area (Å²) in [5.41, 5.74) is 1.30. The van der Waals surface area contributed by atoms with Gasteiger partial charge >= 0.3 is 59.3 Å². The summed E-state index contributed by atoms with van der Waals surface area (Å²) in [6, 6.07) is 6.73. The van der Waals surface area contributed by atoms with Gasteiger partial charge in [0.25, 0.3) is 0 Å². The molecular weight excluding hydrogens is 122 g/mol. The molecule has 0 saturated heterocycles. The fourth-order valence-electron chi connectivity index (χ4n) is 0.619. The standard InChI is InChI=1S/C9H4N/c1-3-8-4-6-9(10-2)7-5-8/h4-7H/q+1. The van der Waals surface area contributed by atoms with E-state index in [9.17, 15) is 0 Å². The zero-order valence-corrected chi connectivity index (χ0v) is 5.26. The Balaban J connectivity index is 3.08. The molecule has 0 aromatic heterocycles. The van der Waals surface area contributed by atoms with Gasteiger partial charge in [-0.25, -0.2) is 0 Å². The van der Waals surface area contributed by atoms with Crippen LogP contribution in [-0.2, 0) is 0 Å². The van der Waals surface area contributed by atoms with Gasteiger partial charge in [-0.05, 0) is 0 Å². The molecule has 0 fully saturated rings. The normalized spacial score (nSPS) is 8.10. The predicted octanol–water partition coefficient (Wildman–Crippen LogP) is 2.18. The maximum absolute atomic E-state index is 6.74. The summed E-state index contributed by atoms with van der Waals surface area (Å²) in [5, 5.41) is 0. The van der Waals surface area contributed by atoms with Crippen molar-refractivity contribution in [3.63, 3.8) is 0 Å². The van der Waals surface area contributed by atoms with Crippen LogP contribution in [-0.4, -0.2) is 0 Å². The Morgan fingerprint density at radius 1 is 1.30 bits per heavy atom. The first-order valence-electron chi connectivity index (χ1n) is 2.77. The third-order valence-corrected chi connectivity index (χ3v) is 1.14. The second-order valence-corrected chi connectivity index (χ2v) is 1.78. The van der Waals surface area contributed by atoms with Crippen LogP contribution in [0.15, 0.2) is 24.3 Å². The van der Waals surface area contributed by atoms with Crippen LogP contribution in [0, 0.1) is 18.9 Å². The van der Waals surface area contributed by atoms with Gasteiger partial charge in [-0.1, -0.05) is 0 Å². The number of rotatable bonds is 0. The molecule has 0 heterocycles. The molecule has 0 N–H and O–H groups in total. The fourth-order valence-corrected chi connectivity index (χ4v) is 0.619. The molecule has 0 radical (unpaired) electrons. The van der Waals surface area contributed by atoms with Gasteiger partial charge in [0.15, 0.2) is 0 Å². The van der Waals surface area contributed by atoms with Crippen molar-refractivity contribution in [1.82, 2.24) is 0 Å². The van der Waals surface area contributed by atoms with E-state index in [2.05, 4.69) is 10.8 Å². The van der Waals surface area contributed by atoms with Crippen molar-refractivity contribution < 1.29 is 0 Å². The number of hydrogen-bond donors (Lipinski definition) is 0. The van der Waals surface area contributed by atoms with Crippen molar-refractivity contribution in [3.05, 3.63) is 47.7 Å². The second kappa shape index (κ2) is 2.87. The van der Waals surface area contributed by atoms with Gasteiger partial charge in [-0.2, -0.15) is 0 Å². The summed E-state index contributed by atoms with van der Waals surface area (Å²) in [6.07, 6.45) is 6.74. The van der Waals surface area contributed by atoms with E-state index in [0.29, 0.717) is 11.3 Å². The average Bonchev–Trinajstić information content (AvgIpc) is 2.05. The van der Waals surface area contributed by atoms with E-state index >= 15 is 0 Å². The molecule has 0 aliphatic carbocycles. The molecule has 0 unspecified atom stereocenters. The van der Waals surface area contributed by atoms with Crippen LogP contribution in [0.4, 0.5) is 5.69 Å². The molecule has 10 heavy (non-hydrogen) atoms. The first kappa shape index (κ1) is 6.61. The molecule has 0 bridgehead atoms. The second-order valence-electron chi connectivity index (χ2n) is 1.78. The quantitative estimate of drug-likeness (QED) is 0.370. The first-order chi connectivity index (χ1) is 4.86. The third-order valence-electron chi connectivity index (χ3n) is 1.14.